The molecular formula is C27H19BN2. The Morgan fingerprint density at radius 2 is 1.43 bits per heavy atom. The van der Waals surface area contributed by atoms with E-state index in [1.807, 2.05) is 0 Å². The Bertz CT molecular complexity index is 1380. The predicted octanol–water partition coefficient (Wildman–Crippen LogP) is 5.99. The quantitative estimate of drug-likeness (QED) is 0.407. The molecule has 0 atom stereocenters. The first-order valence-corrected chi connectivity index (χ1v) is 10.5. The summed E-state index contributed by atoms with van der Waals surface area (Å²) < 4.78 is 0. The molecule has 2 aliphatic heterocycles. The number of allylic oxidation sites excluding steroid dienone is 4. The van der Waals surface area contributed by atoms with Gasteiger partial charge in [0.1, 0.15) is 0 Å². The second-order valence-electron chi connectivity index (χ2n) is 8.22. The van der Waals surface area contributed by atoms with Crippen molar-refractivity contribution in [2.45, 2.75) is 5.92 Å². The molecule has 0 aromatic heterocycles. The summed E-state index contributed by atoms with van der Waals surface area (Å²) in [5.74, 6) is 0.321. The minimum absolute atomic E-state index is 0.0639. The Morgan fingerprint density at radius 1 is 0.700 bits per heavy atom. The van der Waals surface area contributed by atoms with Crippen LogP contribution in [0.2, 0.25) is 0 Å². The van der Waals surface area contributed by atoms with Crippen LogP contribution in [0, 0.1) is 0 Å². The fraction of sp³-hybridized carbons (Fsp3) is 0.0370. The van der Waals surface area contributed by atoms with Crippen LogP contribution in [-0.4, -0.2) is 6.98 Å². The van der Waals surface area contributed by atoms with Crippen LogP contribution in [-0.2, 0) is 0 Å². The van der Waals surface area contributed by atoms with Gasteiger partial charge in [-0.1, -0.05) is 85.0 Å². The third-order valence-corrected chi connectivity index (χ3v) is 6.67. The lowest BCUT2D eigenvalue weighted by atomic mass is 9.56. The van der Waals surface area contributed by atoms with Crippen LogP contribution >= 0.6 is 0 Å². The molecule has 4 aromatic rings. The normalized spacial score (nSPS) is 15.7. The second kappa shape index (κ2) is 5.90. The number of hydrogen-bond acceptors (Lipinski definition) is 2. The van der Waals surface area contributed by atoms with Gasteiger partial charge in [-0.25, -0.2) is 0 Å². The van der Waals surface area contributed by atoms with E-state index in [0.29, 0.717) is 5.92 Å². The monoisotopic (exact) mass is 382 g/mol. The third kappa shape index (κ3) is 2.04. The lowest BCUT2D eigenvalue weighted by Gasteiger charge is -2.43. The molecule has 0 radical (unpaired) electrons. The van der Waals surface area contributed by atoms with E-state index in [9.17, 15) is 0 Å². The van der Waals surface area contributed by atoms with Gasteiger partial charge in [0.25, 0.3) is 0 Å². The minimum Gasteiger partial charge on any atom is -0.404 e. The van der Waals surface area contributed by atoms with Gasteiger partial charge in [0, 0.05) is 33.9 Å². The molecule has 0 amide bonds. The van der Waals surface area contributed by atoms with Crippen LogP contribution in [0.15, 0.2) is 103 Å². The zero-order chi connectivity index (χ0) is 19.7. The number of rotatable bonds is 1. The molecule has 0 spiro atoms. The first-order chi connectivity index (χ1) is 14.9. The molecule has 30 heavy (non-hydrogen) atoms. The van der Waals surface area contributed by atoms with Crippen LogP contribution in [0.4, 0.5) is 17.1 Å². The molecule has 2 heterocycles. The van der Waals surface area contributed by atoms with Gasteiger partial charge in [-0.15, -0.1) is 0 Å². The number of hydrogen-bond donors (Lipinski definition) is 1. The van der Waals surface area contributed by atoms with Crippen molar-refractivity contribution < 1.29 is 0 Å². The third-order valence-electron chi connectivity index (χ3n) is 6.67. The van der Waals surface area contributed by atoms with E-state index in [-0.39, 0.29) is 6.98 Å². The fourth-order valence-electron chi connectivity index (χ4n) is 5.43. The van der Waals surface area contributed by atoms with Gasteiger partial charge in [0.05, 0.1) is 0 Å². The average molecular weight is 382 g/mol. The van der Waals surface area contributed by atoms with Crippen molar-refractivity contribution in [3.05, 3.63) is 109 Å². The van der Waals surface area contributed by atoms with Crippen molar-refractivity contribution >= 4 is 40.3 Å². The smallest absolute Gasteiger partial charge is 0.404 e. The maximum Gasteiger partial charge on any atom is 0.414 e. The molecule has 0 saturated heterocycles. The summed E-state index contributed by atoms with van der Waals surface area (Å²) in [5, 5.41) is 6.47. The SMILES string of the molecule is C1=CC(c2cccc3c2B2Nc4cccc5cccc(c45)N2c2ccccc2-3)C=C1. The molecule has 1 aliphatic carbocycles. The Labute approximate surface area is 176 Å². The van der Waals surface area contributed by atoms with E-state index >= 15 is 0 Å². The van der Waals surface area contributed by atoms with Gasteiger partial charge in [-0.05, 0) is 40.2 Å². The lowest BCUT2D eigenvalue weighted by Crippen LogP contribution is -2.57. The highest BCUT2D eigenvalue weighted by molar-refractivity contribution is 6.84. The summed E-state index contributed by atoms with van der Waals surface area (Å²) in [4.78, 5) is 2.50. The highest BCUT2D eigenvalue weighted by Crippen LogP contribution is 2.47. The van der Waals surface area contributed by atoms with Crippen molar-refractivity contribution in [3.63, 3.8) is 0 Å². The summed E-state index contributed by atoms with van der Waals surface area (Å²) in [6.45, 7) is 0.0639. The van der Waals surface area contributed by atoms with E-state index < -0.39 is 0 Å². The molecule has 3 heteroatoms. The number of para-hydroxylation sites is 1. The van der Waals surface area contributed by atoms with Gasteiger partial charge in [0.15, 0.2) is 0 Å². The summed E-state index contributed by atoms with van der Waals surface area (Å²) in [7, 11) is 0. The summed E-state index contributed by atoms with van der Waals surface area (Å²) in [6, 6.07) is 28.8. The Morgan fingerprint density at radius 3 is 2.33 bits per heavy atom. The molecule has 4 aromatic carbocycles. The largest absolute Gasteiger partial charge is 0.414 e. The van der Waals surface area contributed by atoms with Gasteiger partial charge < -0.3 is 10.0 Å². The first kappa shape index (κ1) is 16.1. The maximum absolute atomic E-state index is 3.90. The molecule has 0 fully saturated rings. The molecule has 1 N–H and O–H groups in total. The molecule has 3 aliphatic rings. The maximum atomic E-state index is 3.90. The van der Waals surface area contributed by atoms with Crippen LogP contribution < -0.4 is 15.5 Å². The lowest BCUT2D eigenvalue weighted by molar-refractivity contribution is 1.11. The van der Waals surface area contributed by atoms with Crippen LogP contribution in [0.1, 0.15) is 11.5 Å². The van der Waals surface area contributed by atoms with Crippen molar-refractivity contribution in [3.8, 4) is 11.1 Å². The Balaban J connectivity index is 1.58. The van der Waals surface area contributed by atoms with E-state index in [0.717, 1.165) is 0 Å². The van der Waals surface area contributed by atoms with Crippen LogP contribution in [0.3, 0.4) is 0 Å². The van der Waals surface area contributed by atoms with E-state index in [1.165, 1.54) is 50.0 Å². The fourth-order valence-corrected chi connectivity index (χ4v) is 5.43. The summed E-state index contributed by atoms with van der Waals surface area (Å²) in [6.07, 6.45) is 8.89. The standard InChI is InChI=1S/C27H19BN2/c1-2-9-18(8-1)20-13-7-14-22-21-12-3-4-16-24(21)30-25-17-6-11-19-10-5-15-23(26(19)25)29-28(30)27(20)22/h1-18,29H. The Kier molecular flexibility index (Phi) is 3.17. The number of nitrogens with one attached hydrogen (secondary N) is 1. The topological polar surface area (TPSA) is 15.3 Å². The molecule has 0 unspecified atom stereocenters. The first-order valence-electron chi connectivity index (χ1n) is 10.5. The molecule has 0 bridgehead atoms. The minimum atomic E-state index is 0.0639. The van der Waals surface area contributed by atoms with Gasteiger partial charge >= 0.3 is 6.98 Å². The summed E-state index contributed by atoms with van der Waals surface area (Å²) in [5.41, 5.74) is 9.13. The number of anilines is 3. The molecule has 7 rings (SSSR count). The Hall–Kier alpha value is -3.72. The van der Waals surface area contributed by atoms with Gasteiger partial charge in [-0.2, -0.15) is 0 Å². The van der Waals surface area contributed by atoms with Crippen molar-refractivity contribution in [2.24, 2.45) is 0 Å². The van der Waals surface area contributed by atoms with Gasteiger partial charge in [-0.3, -0.25) is 0 Å². The van der Waals surface area contributed by atoms with E-state index in [1.54, 1.807) is 0 Å². The molecule has 140 valence electrons. The zero-order valence-electron chi connectivity index (χ0n) is 16.4. The number of nitrogens with zero attached hydrogens (tertiary/aromatic N) is 1. The molecule has 0 saturated carbocycles. The number of fused-ring (bicyclic) bond motifs is 7. The summed E-state index contributed by atoms with van der Waals surface area (Å²) >= 11 is 0. The van der Waals surface area contributed by atoms with Crippen molar-refractivity contribution in [2.75, 3.05) is 10.0 Å². The van der Waals surface area contributed by atoms with Crippen LogP contribution in [0.25, 0.3) is 21.9 Å². The van der Waals surface area contributed by atoms with E-state index in [4.69, 9.17) is 0 Å². The highest BCUT2D eigenvalue weighted by atomic mass is 15.2. The second-order valence-corrected chi connectivity index (χ2v) is 8.22. The van der Waals surface area contributed by atoms with Crippen molar-refractivity contribution in [1.29, 1.82) is 0 Å². The molecule has 2 nitrogen and oxygen atoms in total. The zero-order valence-corrected chi connectivity index (χ0v) is 16.4. The van der Waals surface area contributed by atoms with Crippen LogP contribution in [0.5, 0.6) is 0 Å². The number of benzene rings is 4. The molecular weight excluding hydrogens is 363 g/mol. The average Bonchev–Trinajstić information content (AvgIpc) is 3.34. The predicted molar refractivity (Wildman–Crippen MR) is 128 cm³/mol. The highest BCUT2D eigenvalue weighted by Gasteiger charge is 2.42. The van der Waals surface area contributed by atoms with E-state index in [2.05, 4.69) is 113 Å². The van der Waals surface area contributed by atoms with Gasteiger partial charge in [0.2, 0.25) is 0 Å². The van der Waals surface area contributed by atoms with Crippen molar-refractivity contribution in [1.82, 2.24) is 0 Å².